The molecule has 0 aliphatic heterocycles. The van der Waals surface area contributed by atoms with Crippen LogP contribution in [0.25, 0.3) is 0 Å². The summed E-state index contributed by atoms with van der Waals surface area (Å²) in [5, 5.41) is 0.279. The van der Waals surface area contributed by atoms with E-state index in [0.717, 1.165) is 6.42 Å². The van der Waals surface area contributed by atoms with Crippen molar-refractivity contribution in [1.29, 1.82) is 0 Å². The molecule has 0 radical (unpaired) electrons. The van der Waals surface area contributed by atoms with Gasteiger partial charge >= 0.3 is 0 Å². The molecule has 1 nitrogen and oxygen atoms in total. The molecule has 0 amide bonds. The smallest absolute Gasteiger partial charge is 0.249 e. The van der Waals surface area contributed by atoms with E-state index in [1.165, 1.54) is 25.7 Å². The molecule has 0 bridgehead atoms. The van der Waals surface area contributed by atoms with Crippen LogP contribution >= 0.6 is 0 Å². The Morgan fingerprint density at radius 1 is 1.11 bits per heavy atom. The van der Waals surface area contributed by atoms with Gasteiger partial charge in [0.2, 0.25) is 8.32 Å². The minimum absolute atomic E-state index is 0.279. The van der Waals surface area contributed by atoms with E-state index in [4.69, 9.17) is 4.43 Å². The maximum Gasteiger partial charge on any atom is 0.249 e. The fraction of sp³-hybridized carbons (Fsp3) is 0.765. The van der Waals surface area contributed by atoms with Crippen LogP contribution in [0.15, 0.2) is 24.0 Å². The van der Waals surface area contributed by atoms with Gasteiger partial charge in [-0.3, -0.25) is 0 Å². The van der Waals surface area contributed by atoms with Crippen LogP contribution in [0.5, 0.6) is 0 Å². The Balaban J connectivity index is 4.34. The molecule has 0 saturated heterocycles. The van der Waals surface area contributed by atoms with Gasteiger partial charge in [0, 0.05) is 0 Å². The molecule has 0 aromatic heterocycles. The van der Waals surface area contributed by atoms with Crippen LogP contribution in [0.2, 0.25) is 18.1 Å². The first-order valence-corrected chi connectivity index (χ1v) is 10.7. The first-order valence-electron chi connectivity index (χ1n) is 7.75. The summed E-state index contributed by atoms with van der Waals surface area (Å²) in [5.74, 6) is 0. The fourth-order valence-electron chi connectivity index (χ4n) is 1.55. The first-order chi connectivity index (χ1) is 8.74. The zero-order chi connectivity index (χ0) is 14.9. The second-order valence-electron chi connectivity index (χ2n) is 6.86. The van der Waals surface area contributed by atoms with Crippen LogP contribution in [0.1, 0.15) is 66.7 Å². The van der Waals surface area contributed by atoms with Crippen molar-refractivity contribution in [3.8, 4) is 0 Å². The molecule has 0 rings (SSSR count). The summed E-state index contributed by atoms with van der Waals surface area (Å²) in [6.07, 6.45) is 12.5. The summed E-state index contributed by atoms with van der Waals surface area (Å²) in [5.41, 5.74) is 1.56. The number of unbranched alkanes of at least 4 members (excludes halogenated alkanes) is 1. The van der Waals surface area contributed by atoms with Crippen molar-refractivity contribution in [2.24, 2.45) is 0 Å². The number of rotatable bonds is 8. The van der Waals surface area contributed by atoms with E-state index >= 15 is 0 Å². The molecular weight excluding hydrogens is 248 g/mol. The quantitative estimate of drug-likeness (QED) is 0.283. The Morgan fingerprint density at radius 2 is 1.74 bits per heavy atom. The average molecular weight is 283 g/mol. The lowest BCUT2D eigenvalue weighted by molar-refractivity contribution is 0.428. The maximum atomic E-state index is 6.06. The lowest BCUT2D eigenvalue weighted by Crippen LogP contribution is -2.39. The molecule has 0 aliphatic carbocycles. The Labute approximate surface area is 122 Å². The molecule has 0 aromatic carbocycles. The van der Waals surface area contributed by atoms with Gasteiger partial charge < -0.3 is 4.43 Å². The van der Waals surface area contributed by atoms with Gasteiger partial charge in [0.05, 0.1) is 6.26 Å². The molecule has 112 valence electrons. The van der Waals surface area contributed by atoms with Gasteiger partial charge in [-0.05, 0) is 43.5 Å². The van der Waals surface area contributed by atoms with E-state index in [1.54, 1.807) is 5.57 Å². The van der Waals surface area contributed by atoms with Crippen LogP contribution in [0.3, 0.4) is 0 Å². The van der Waals surface area contributed by atoms with E-state index in [2.05, 4.69) is 59.9 Å². The van der Waals surface area contributed by atoms with Crippen LogP contribution in [0.4, 0.5) is 0 Å². The van der Waals surface area contributed by atoms with Gasteiger partial charge in [-0.25, -0.2) is 0 Å². The molecule has 0 aliphatic rings. The standard InChI is InChI=1S/C17H34OSi/c1-8-10-13-16(12-9-2)14-11-15-18-19(6,7)17(3,4)5/h11,13,15H,8-10,12,14H2,1-7H3/b15-11+,16-13+. The average Bonchev–Trinajstić information content (AvgIpc) is 2.29. The van der Waals surface area contributed by atoms with Crippen molar-refractivity contribution in [1.82, 2.24) is 0 Å². The molecule has 0 atom stereocenters. The lowest BCUT2D eigenvalue weighted by Gasteiger charge is -2.35. The summed E-state index contributed by atoms with van der Waals surface area (Å²) >= 11 is 0. The third kappa shape index (κ3) is 7.61. The van der Waals surface area contributed by atoms with Crippen molar-refractivity contribution < 1.29 is 4.43 Å². The normalized spacial score (nSPS) is 14.2. The highest BCUT2D eigenvalue weighted by atomic mass is 28.4. The van der Waals surface area contributed by atoms with E-state index in [9.17, 15) is 0 Å². The molecule has 0 saturated carbocycles. The minimum Gasteiger partial charge on any atom is -0.549 e. The topological polar surface area (TPSA) is 9.23 Å². The molecule has 2 heteroatoms. The van der Waals surface area contributed by atoms with Gasteiger partial charge in [0.15, 0.2) is 0 Å². The fourth-order valence-corrected chi connectivity index (χ4v) is 2.34. The van der Waals surface area contributed by atoms with Crippen molar-refractivity contribution in [3.05, 3.63) is 24.0 Å². The highest BCUT2D eigenvalue weighted by Crippen LogP contribution is 2.36. The SMILES string of the molecule is CCC/C=C(/C/C=C/O[Si](C)(C)C(C)(C)C)CCC. The van der Waals surface area contributed by atoms with Crippen molar-refractivity contribution in [3.63, 3.8) is 0 Å². The summed E-state index contributed by atoms with van der Waals surface area (Å²) in [7, 11) is -1.63. The minimum atomic E-state index is -1.63. The van der Waals surface area contributed by atoms with Gasteiger partial charge in [-0.2, -0.15) is 0 Å². The van der Waals surface area contributed by atoms with E-state index in [0.29, 0.717) is 0 Å². The maximum absolute atomic E-state index is 6.06. The van der Waals surface area contributed by atoms with Crippen LogP contribution in [-0.4, -0.2) is 8.32 Å². The Kier molecular flexibility index (Phi) is 8.40. The zero-order valence-electron chi connectivity index (χ0n) is 14.2. The highest BCUT2D eigenvalue weighted by Gasteiger charge is 2.37. The molecule has 0 N–H and O–H groups in total. The van der Waals surface area contributed by atoms with Crippen molar-refractivity contribution in [2.45, 2.75) is 84.9 Å². The van der Waals surface area contributed by atoms with Crippen LogP contribution in [0, 0.1) is 0 Å². The molecule has 0 spiro atoms. The summed E-state index contributed by atoms with van der Waals surface area (Å²) in [6, 6.07) is 0. The number of hydrogen-bond acceptors (Lipinski definition) is 1. The molecule has 19 heavy (non-hydrogen) atoms. The largest absolute Gasteiger partial charge is 0.549 e. The van der Waals surface area contributed by atoms with Gasteiger partial charge in [0.1, 0.15) is 0 Å². The molecule has 0 aromatic rings. The predicted molar refractivity (Wildman–Crippen MR) is 89.9 cm³/mol. The highest BCUT2D eigenvalue weighted by molar-refractivity contribution is 6.74. The molecule has 0 unspecified atom stereocenters. The monoisotopic (exact) mass is 282 g/mol. The van der Waals surface area contributed by atoms with Crippen LogP contribution < -0.4 is 0 Å². The molecule has 0 heterocycles. The third-order valence-corrected chi connectivity index (χ3v) is 8.28. The molecule has 0 fully saturated rings. The number of hydrogen-bond donors (Lipinski definition) is 0. The number of allylic oxidation sites excluding steroid dienone is 3. The summed E-state index contributed by atoms with van der Waals surface area (Å²) < 4.78 is 6.06. The Morgan fingerprint density at radius 3 is 2.21 bits per heavy atom. The van der Waals surface area contributed by atoms with Gasteiger partial charge in [0.25, 0.3) is 0 Å². The molecular formula is C17H34OSi. The Bertz CT molecular complexity index is 295. The van der Waals surface area contributed by atoms with Crippen molar-refractivity contribution >= 4 is 8.32 Å². The Hall–Kier alpha value is -0.503. The summed E-state index contributed by atoms with van der Waals surface area (Å²) in [4.78, 5) is 0. The summed E-state index contributed by atoms with van der Waals surface area (Å²) in [6.45, 7) is 15.9. The zero-order valence-corrected chi connectivity index (χ0v) is 15.2. The lowest BCUT2D eigenvalue weighted by atomic mass is 10.1. The van der Waals surface area contributed by atoms with Crippen LogP contribution in [-0.2, 0) is 4.43 Å². The van der Waals surface area contributed by atoms with Gasteiger partial charge in [-0.15, -0.1) is 0 Å². The third-order valence-electron chi connectivity index (χ3n) is 3.94. The van der Waals surface area contributed by atoms with Gasteiger partial charge in [-0.1, -0.05) is 59.1 Å². The second-order valence-corrected chi connectivity index (χ2v) is 11.6. The second kappa shape index (κ2) is 8.62. The van der Waals surface area contributed by atoms with E-state index in [-0.39, 0.29) is 5.04 Å². The van der Waals surface area contributed by atoms with E-state index in [1.807, 2.05) is 6.26 Å². The van der Waals surface area contributed by atoms with E-state index < -0.39 is 8.32 Å². The predicted octanol–water partition coefficient (Wildman–Crippen LogP) is 6.44. The first kappa shape index (κ1) is 18.5. The van der Waals surface area contributed by atoms with Crippen molar-refractivity contribution in [2.75, 3.05) is 0 Å².